The first-order chi connectivity index (χ1) is 14.5. The van der Waals surface area contributed by atoms with Gasteiger partial charge in [-0.2, -0.15) is 0 Å². The molecule has 0 saturated carbocycles. The SMILES string of the molecule is COc1cc(C(=O)c2cc(-c3ccccc3)ccc2CC(C)=O)cc(OC)c1OC. The summed E-state index contributed by atoms with van der Waals surface area (Å²) >= 11 is 0. The van der Waals surface area contributed by atoms with Crippen LogP contribution in [0.25, 0.3) is 11.1 Å². The summed E-state index contributed by atoms with van der Waals surface area (Å²) in [6.45, 7) is 1.51. The molecule has 3 aromatic carbocycles. The Balaban J connectivity index is 2.15. The van der Waals surface area contributed by atoms with Crippen molar-refractivity contribution in [3.8, 4) is 28.4 Å². The molecule has 30 heavy (non-hydrogen) atoms. The van der Waals surface area contributed by atoms with E-state index in [1.807, 2.05) is 48.5 Å². The molecular formula is C25H24O5. The Morgan fingerprint density at radius 3 is 1.93 bits per heavy atom. The molecule has 0 atom stereocenters. The zero-order chi connectivity index (χ0) is 21.7. The lowest BCUT2D eigenvalue weighted by Gasteiger charge is -2.15. The molecule has 0 amide bonds. The van der Waals surface area contributed by atoms with E-state index in [0.29, 0.717) is 33.9 Å². The van der Waals surface area contributed by atoms with Gasteiger partial charge in [0, 0.05) is 17.5 Å². The first-order valence-electron chi connectivity index (χ1n) is 9.51. The van der Waals surface area contributed by atoms with Crippen LogP contribution in [0.1, 0.15) is 28.4 Å². The van der Waals surface area contributed by atoms with Crippen LogP contribution >= 0.6 is 0 Å². The van der Waals surface area contributed by atoms with Crippen LogP contribution in [-0.4, -0.2) is 32.9 Å². The molecule has 5 heteroatoms. The fourth-order valence-electron chi connectivity index (χ4n) is 3.39. The third kappa shape index (κ3) is 4.35. The number of Topliss-reactive ketones (excluding diaryl/α,β-unsaturated/α-hetero) is 1. The van der Waals surface area contributed by atoms with Crippen molar-refractivity contribution in [1.29, 1.82) is 0 Å². The highest BCUT2D eigenvalue weighted by atomic mass is 16.5. The first kappa shape index (κ1) is 21.1. The Kier molecular flexibility index (Phi) is 6.52. The van der Waals surface area contributed by atoms with Gasteiger partial charge in [-0.05, 0) is 41.8 Å². The Morgan fingerprint density at radius 2 is 1.40 bits per heavy atom. The Hall–Kier alpha value is -3.60. The van der Waals surface area contributed by atoms with Crippen molar-refractivity contribution in [2.75, 3.05) is 21.3 Å². The molecule has 0 aliphatic rings. The van der Waals surface area contributed by atoms with E-state index in [1.54, 1.807) is 12.1 Å². The van der Waals surface area contributed by atoms with Crippen LogP contribution in [0.15, 0.2) is 60.7 Å². The highest BCUT2D eigenvalue weighted by molar-refractivity contribution is 6.11. The van der Waals surface area contributed by atoms with Crippen molar-refractivity contribution in [1.82, 2.24) is 0 Å². The number of benzene rings is 3. The molecule has 3 aromatic rings. The normalized spacial score (nSPS) is 10.4. The minimum absolute atomic E-state index is 0.0126. The van der Waals surface area contributed by atoms with Gasteiger partial charge in [-0.25, -0.2) is 0 Å². The van der Waals surface area contributed by atoms with Gasteiger partial charge in [-0.15, -0.1) is 0 Å². The zero-order valence-corrected chi connectivity index (χ0v) is 17.5. The van der Waals surface area contributed by atoms with Gasteiger partial charge >= 0.3 is 0 Å². The quantitative estimate of drug-likeness (QED) is 0.508. The lowest BCUT2D eigenvalue weighted by molar-refractivity contribution is -0.116. The van der Waals surface area contributed by atoms with E-state index >= 15 is 0 Å². The summed E-state index contributed by atoms with van der Waals surface area (Å²) in [4.78, 5) is 25.3. The fourth-order valence-corrected chi connectivity index (χ4v) is 3.39. The molecule has 3 rings (SSSR count). The van der Waals surface area contributed by atoms with E-state index in [4.69, 9.17) is 14.2 Å². The lowest BCUT2D eigenvalue weighted by atomic mass is 9.91. The number of carbonyl (C=O) groups excluding carboxylic acids is 2. The summed E-state index contributed by atoms with van der Waals surface area (Å²) in [6.07, 6.45) is 0.181. The predicted octanol–water partition coefficient (Wildman–Crippen LogP) is 4.74. The van der Waals surface area contributed by atoms with E-state index < -0.39 is 0 Å². The molecule has 0 aromatic heterocycles. The van der Waals surface area contributed by atoms with Crippen molar-refractivity contribution in [3.63, 3.8) is 0 Å². The monoisotopic (exact) mass is 404 g/mol. The highest BCUT2D eigenvalue weighted by Crippen LogP contribution is 2.39. The number of carbonyl (C=O) groups is 2. The van der Waals surface area contributed by atoms with Crippen molar-refractivity contribution < 1.29 is 23.8 Å². The molecule has 0 N–H and O–H groups in total. The van der Waals surface area contributed by atoms with E-state index in [1.165, 1.54) is 28.3 Å². The third-order valence-corrected chi connectivity index (χ3v) is 4.83. The molecule has 154 valence electrons. The standard InChI is InChI=1S/C25H24O5/c1-16(26)12-19-11-10-18(17-8-6-5-7-9-17)13-21(19)24(27)20-14-22(28-2)25(30-4)23(15-20)29-3/h5-11,13-15H,12H2,1-4H3. The maximum absolute atomic E-state index is 13.5. The average Bonchev–Trinajstić information content (AvgIpc) is 2.78. The van der Waals surface area contributed by atoms with E-state index in [-0.39, 0.29) is 18.0 Å². The summed E-state index contributed by atoms with van der Waals surface area (Å²) in [5, 5.41) is 0. The number of hydrogen-bond acceptors (Lipinski definition) is 5. The van der Waals surface area contributed by atoms with Crippen LogP contribution in [0, 0.1) is 0 Å². The van der Waals surface area contributed by atoms with E-state index in [2.05, 4.69) is 0 Å². The van der Waals surface area contributed by atoms with Crippen LogP contribution < -0.4 is 14.2 Å². The molecule has 0 aliphatic heterocycles. The third-order valence-electron chi connectivity index (χ3n) is 4.83. The van der Waals surface area contributed by atoms with Crippen molar-refractivity contribution in [2.45, 2.75) is 13.3 Å². The number of hydrogen-bond donors (Lipinski definition) is 0. The van der Waals surface area contributed by atoms with Gasteiger partial charge in [0.2, 0.25) is 5.75 Å². The van der Waals surface area contributed by atoms with Gasteiger partial charge in [-0.1, -0.05) is 42.5 Å². The first-order valence-corrected chi connectivity index (χ1v) is 9.51. The summed E-state index contributed by atoms with van der Waals surface area (Å²) in [5.74, 6) is 0.975. The second-order valence-corrected chi connectivity index (χ2v) is 6.86. The van der Waals surface area contributed by atoms with Crippen molar-refractivity contribution >= 4 is 11.6 Å². The molecule has 0 heterocycles. The molecule has 0 saturated heterocycles. The maximum Gasteiger partial charge on any atom is 0.203 e. The van der Waals surface area contributed by atoms with Gasteiger partial charge in [0.25, 0.3) is 0 Å². The second-order valence-electron chi connectivity index (χ2n) is 6.86. The second kappa shape index (κ2) is 9.27. The Bertz CT molecular complexity index is 1050. The molecule has 0 unspecified atom stereocenters. The summed E-state index contributed by atoms with van der Waals surface area (Å²) in [6, 6.07) is 18.6. The Morgan fingerprint density at radius 1 is 0.767 bits per heavy atom. The highest BCUT2D eigenvalue weighted by Gasteiger charge is 2.21. The number of ether oxygens (including phenoxy) is 3. The van der Waals surface area contributed by atoms with Crippen LogP contribution in [0.2, 0.25) is 0 Å². The average molecular weight is 404 g/mol. The van der Waals surface area contributed by atoms with Crippen LogP contribution in [0.4, 0.5) is 0 Å². The smallest absolute Gasteiger partial charge is 0.203 e. The minimum Gasteiger partial charge on any atom is -0.493 e. The van der Waals surface area contributed by atoms with Gasteiger partial charge in [0.15, 0.2) is 17.3 Å². The fraction of sp³-hybridized carbons (Fsp3) is 0.200. The van der Waals surface area contributed by atoms with Gasteiger partial charge in [-0.3, -0.25) is 9.59 Å². The molecule has 5 nitrogen and oxygen atoms in total. The zero-order valence-electron chi connectivity index (χ0n) is 17.5. The van der Waals surface area contributed by atoms with Gasteiger partial charge < -0.3 is 14.2 Å². The Labute approximate surface area is 176 Å². The van der Waals surface area contributed by atoms with Crippen molar-refractivity contribution in [3.05, 3.63) is 77.4 Å². The topological polar surface area (TPSA) is 61.8 Å². The van der Waals surface area contributed by atoms with Crippen LogP contribution in [0.5, 0.6) is 17.2 Å². The van der Waals surface area contributed by atoms with Gasteiger partial charge in [0.05, 0.1) is 21.3 Å². The van der Waals surface area contributed by atoms with Gasteiger partial charge in [0.1, 0.15) is 5.78 Å². The molecular weight excluding hydrogens is 380 g/mol. The number of ketones is 2. The van der Waals surface area contributed by atoms with Crippen LogP contribution in [-0.2, 0) is 11.2 Å². The minimum atomic E-state index is -0.219. The summed E-state index contributed by atoms with van der Waals surface area (Å²) in [7, 11) is 4.52. The number of methoxy groups -OCH3 is 3. The molecule has 0 bridgehead atoms. The molecule has 0 radical (unpaired) electrons. The largest absolute Gasteiger partial charge is 0.493 e. The van der Waals surface area contributed by atoms with Crippen LogP contribution in [0.3, 0.4) is 0 Å². The van der Waals surface area contributed by atoms with E-state index in [9.17, 15) is 9.59 Å². The summed E-state index contributed by atoms with van der Waals surface area (Å²) in [5.41, 5.74) is 3.44. The molecule has 0 aliphatic carbocycles. The lowest BCUT2D eigenvalue weighted by Crippen LogP contribution is -2.09. The van der Waals surface area contributed by atoms with Crippen molar-refractivity contribution in [2.24, 2.45) is 0 Å². The maximum atomic E-state index is 13.5. The molecule has 0 spiro atoms. The number of rotatable bonds is 8. The summed E-state index contributed by atoms with van der Waals surface area (Å²) < 4.78 is 16.1. The molecule has 0 fully saturated rings. The van der Waals surface area contributed by atoms with E-state index in [0.717, 1.165) is 11.1 Å². The predicted molar refractivity (Wildman–Crippen MR) is 116 cm³/mol.